The lowest BCUT2D eigenvalue weighted by Gasteiger charge is -2.40. The molecule has 3 rings (SSSR count). The highest BCUT2D eigenvalue weighted by molar-refractivity contribution is 6.67. The topological polar surface area (TPSA) is 47.9 Å². The summed E-state index contributed by atoms with van der Waals surface area (Å²) >= 11 is 0. The number of ether oxygens (including phenoxy) is 2. The first kappa shape index (κ1) is 17.9. The number of rotatable bonds is 2. The van der Waals surface area contributed by atoms with Gasteiger partial charge < -0.3 is 19.2 Å². The van der Waals surface area contributed by atoms with E-state index in [9.17, 15) is 5.11 Å². The second kappa shape index (κ2) is 6.45. The number of aliphatic hydroxyl groups is 1. The van der Waals surface area contributed by atoms with E-state index in [1.807, 2.05) is 12.1 Å². The van der Waals surface area contributed by atoms with E-state index in [-0.39, 0.29) is 18.1 Å². The van der Waals surface area contributed by atoms with Crippen LogP contribution < -0.4 is 5.46 Å². The zero-order chi connectivity index (χ0) is 17.4. The molecule has 1 N–H and O–H groups in total. The lowest BCUT2D eigenvalue weighted by Crippen LogP contribution is -2.51. The summed E-state index contributed by atoms with van der Waals surface area (Å²) in [4.78, 5) is 0. The fourth-order valence-corrected chi connectivity index (χ4v) is 3.41. The highest BCUT2D eigenvalue weighted by Gasteiger charge is 2.44. The Morgan fingerprint density at radius 1 is 1.00 bits per heavy atom. The van der Waals surface area contributed by atoms with Crippen molar-refractivity contribution in [2.75, 3.05) is 19.8 Å². The molecule has 0 spiro atoms. The van der Waals surface area contributed by atoms with E-state index in [0.29, 0.717) is 32.7 Å². The zero-order valence-electron chi connectivity index (χ0n) is 15.3. The van der Waals surface area contributed by atoms with Gasteiger partial charge in [-0.15, -0.1) is 0 Å². The van der Waals surface area contributed by atoms with Crippen LogP contribution in [-0.4, -0.2) is 43.0 Å². The van der Waals surface area contributed by atoms with Crippen molar-refractivity contribution in [1.82, 2.24) is 0 Å². The van der Waals surface area contributed by atoms with E-state index in [1.165, 1.54) is 0 Å². The van der Waals surface area contributed by atoms with Gasteiger partial charge in [0.2, 0.25) is 0 Å². The van der Waals surface area contributed by atoms with Crippen LogP contribution in [0.15, 0.2) is 24.3 Å². The number of hydrogen-bond donors (Lipinski definition) is 1. The van der Waals surface area contributed by atoms with Gasteiger partial charge in [0.1, 0.15) is 0 Å². The molecule has 0 amide bonds. The van der Waals surface area contributed by atoms with Gasteiger partial charge in [0.15, 0.2) is 0 Å². The molecule has 0 saturated carbocycles. The van der Waals surface area contributed by atoms with Crippen LogP contribution in [0.25, 0.3) is 0 Å². The van der Waals surface area contributed by atoms with Crippen LogP contribution in [0.2, 0.25) is 6.32 Å². The molecule has 1 aromatic carbocycles. The number of benzene rings is 1. The van der Waals surface area contributed by atoms with Crippen LogP contribution in [0.3, 0.4) is 0 Å². The minimum absolute atomic E-state index is 0.0230. The molecule has 132 valence electrons. The van der Waals surface area contributed by atoms with Gasteiger partial charge in [-0.2, -0.15) is 0 Å². The summed E-state index contributed by atoms with van der Waals surface area (Å²) in [5, 5.41) is 11.0. The van der Waals surface area contributed by atoms with Crippen LogP contribution >= 0.6 is 0 Å². The average Bonchev–Trinajstić information content (AvgIpc) is 2.64. The minimum Gasteiger partial charge on any atom is -0.423 e. The third-order valence-corrected chi connectivity index (χ3v) is 5.85. The van der Waals surface area contributed by atoms with Crippen molar-refractivity contribution in [1.29, 1.82) is 0 Å². The van der Waals surface area contributed by atoms with Gasteiger partial charge in [-0.3, -0.25) is 0 Å². The van der Waals surface area contributed by atoms with E-state index < -0.39 is 5.60 Å². The van der Waals surface area contributed by atoms with Gasteiger partial charge >= 0.3 is 6.92 Å². The second-order valence-electron chi connectivity index (χ2n) is 8.03. The van der Waals surface area contributed by atoms with Gasteiger partial charge in [-0.1, -0.05) is 24.3 Å². The van der Waals surface area contributed by atoms with E-state index >= 15 is 0 Å². The first-order valence-electron chi connectivity index (χ1n) is 8.96. The van der Waals surface area contributed by atoms with Crippen LogP contribution in [0.5, 0.6) is 0 Å². The Kier molecular flexibility index (Phi) is 4.82. The third-order valence-electron chi connectivity index (χ3n) is 5.85. The predicted octanol–water partition coefficient (Wildman–Crippen LogP) is 2.49. The summed E-state index contributed by atoms with van der Waals surface area (Å²) in [6, 6.07) is 8.22. The normalized spacial score (nSPS) is 26.0. The van der Waals surface area contributed by atoms with Crippen molar-refractivity contribution in [2.45, 2.75) is 63.7 Å². The summed E-state index contributed by atoms with van der Waals surface area (Å²) in [5.74, 6) is 0. The first-order chi connectivity index (χ1) is 11.2. The van der Waals surface area contributed by atoms with E-state index in [2.05, 4.69) is 39.8 Å². The Balaban J connectivity index is 1.86. The maximum atomic E-state index is 11.0. The molecule has 1 aromatic rings. The summed E-state index contributed by atoms with van der Waals surface area (Å²) in [7, 11) is 0. The lowest BCUT2D eigenvalue weighted by atomic mass is 9.57. The molecule has 2 aliphatic rings. The molecule has 5 heteroatoms. The van der Waals surface area contributed by atoms with Crippen LogP contribution in [0.1, 0.15) is 46.1 Å². The van der Waals surface area contributed by atoms with Gasteiger partial charge in [0, 0.05) is 32.7 Å². The fraction of sp³-hybridized carbons (Fsp3) is 0.684. The van der Waals surface area contributed by atoms with Crippen LogP contribution in [0, 0.1) is 0 Å². The monoisotopic (exact) mass is 332 g/mol. The molecule has 2 saturated heterocycles. The Hall–Kier alpha value is -0.875. The average molecular weight is 332 g/mol. The molecule has 0 aliphatic carbocycles. The van der Waals surface area contributed by atoms with E-state index in [4.69, 9.17) is 14.1 Å². The molecule has 0 unspecified atom stereocenters. The highest BCUT2D eigenvalue weighted by Crippen LogP contribution is 2.34. The van der Waals surface area contributed by atoms with E-state index in [0.717, 1.165) is 17.3 Å². The van der Waals surface area contributed by atoms with Crippen LogP contribution in [0.4, 0.5) is 0 Å². The minimum atomic E-state index is -0.787. The predicted molar refractivity (Wildman–Crippen MR) is 95.8 cm³/mol. The van der Waals surface area contributed by atoms with Gasteiger partial charge in [0.25, 0.3) is 0 Å². The molecule has 2 heterocycles. The van der Waals surface area contributed by atoms with Crippen molar-refractivity contribution < 1.29 is 19.2 Å². The third kappa shape index (κ3) is 3.41. The molecular weight excluding hydrogens is 303 g/mol. The maximum absolute atomic E-state index is 11.0. The Morgan fingerprint density at radius 3 is 2.42 bits per heavy atom. The second-order valence-corrected chi connectivity index (χ2v) is 8.03. The van der Waals surface area contributed by atoms with Crippen molar-refractivity contribution in [2.24, 2.45) is 0 Å². The summed E-state index contributed by atoms with van der Waals surface area (Å²) < 4.78 is 17.9. The molecule has 0 aromatic heterocycles. The standard InChI is InChI=1S/C19H29BO4/c1-17(2)18(3,4)24-20(10-13-23-17)16-7-5-6-15(14-16)19(21)8-11-22-12-9-19/h5-7,14,21H,8-13H2,1-4H3. The molecule has 4 nitrogen and oxygen atoms in total. The Bertz CT molecular complexity index is 578. The van der Waals surface area contributed by atoms with Crippen molar-refractivity contribution in [3.63, 3.8) is 0 Å². The van der Waals surface area contributed by atoms with Crippen molar-refractivity contribution in [3.05, 3.63) is 29.8 Å². The molecule has 2 fully saturated rings. The molecule has 0 atom stereocenters. The Morgan fingerprint density at radius 2 is 1.71 bits per heavy atom. The fourth-order valence-electron chi connectivity index (χ4n) is 3.41. The van der Waals surface area contributed by atoms with Gasteiger partial charge in [0.05, 0.1) is 16.8 Å². The van der Waals surface area contributed by atoms with E-state index in [1.54, 1.807) is 0 Å². The van der Waals surface area contributed by atoms with Crippen molar-refractivity contribution >= 4 is 12.4 Å². The van der Waals surface area contributed by atoms with Gasteiger partial charge in [-0.25, -0.2) is 0 Å². The molecular formula is C19H29BO4. The quantitative estimate of drug-likeness (QED) is 0.846. The molecule has 0 bridgehead atoms. The molecule has 0 radical (unpaired) electrons. The summed E-state index contributed by atoms with van der Waals surface area (Å²) in [6.07, 6.45) is 2.10. The van der Waals surface area contributed by atoms with Gasteiger partial charge in [-0.05, 0) is 45.0 Å². The smallest absolute Gasteiger partial charge is 0.329 e. The maximum Gasteiger partial charge on any atom is 0.329 e. The summed E-state index contributed by atoms with van der Waals surface area (Å²) in [5.41, 5.74) is 0.568. The zero-order valence-corrected chi connectivity index (χ0v) is 15.3. The van der Waals surface area contributed by atoms with Crippen molar-refractivity contribution in [3.8, 4) is 0 Å². The molecule has 2 aliphatic heterocycles. The number of hydrogen-bond acceptors (Lipinski definition) is 4. The largest absolute Gasteiger partial charge is 0.423 e. The van der Waals surface area contributed by atoms with Crippen LogP contribution in [-0.2, 0) is 19.7 Å². The lowest BCUT2D eigenvalue weighted by molar-refractivity contribution is -0.120. The highest BCUT2D eigenvalue weighted by atomic mass is 16.5. The summed E-state index contributed by atoms with van der Waals surface area (Å²) in [6.45, 7) is 10.2. The Labute approximate surface area is 145 Å². The molecule has 24 heavy (non-hydrogen) atoms. The SMILES string of the molecule is CC1(C)OCCB(c2cccc(C3(O)CCOCC3)c2)OC1(C)C. The first-order valence-corrected chi connectivity index (χ1v) is 8.96.